The Morgan fingerprint density at radius 1 is 0.944 bits per heavy atom. The zero-order valence-electron chi connectivity index (χ0n) is 19.2. The second-order valence-corrected chi connectivity index (χ2v) is 7.77. The van der Waals surface area contributed by atoms with Gasteiger partial charge in [0.15, 0.2) is 0 Å². The molecule has 0 saturated heterocycles. The highest BCUT2D eigenvalue weighted by Gasteiger charge is 2.14. The Labute approximate surface area is 226 Å². The molecule has 0 aliphatic carbocycles. The minimum atomic E-state index is -0.0953. The largest absolute Gasteiger partial charge is 0.345 e. The van der Waals surface area contributed by atoms with Gasteiger partial charge in [-0.3, -0.25) is 14.5 Å². The van der Waals surface area contributed by atoms with Crippen LogP contribution in [0.3, 0.4) is 0 Å². The molecular weight excluding hydrogens is 521 g/mol. The predicted octanol–water partition coefficient (Wildman–Crippen LogP) is 5.32. The van der Waals surface area contributed by atoms with Crippen LogP contribution in [0.15, 0.2) is 73.3 Å². The maximum Gasteiger partial charge on any atom is 0.254 e. The molecule has 0 spiro atoms. The number of pyridine rings is 1. The Hall–Kier alpha value is -3.90. The number of carbonyl (C=O) groups is 1. The summed E-state index contributed by atoms with van der Waals surface area (Å²) in [5.41, 5.74) is 6.57. The summed E-state index contributed by atoms with van der Waals surface area (Å²) in [7, 11) is 3.42. The minimum Gasteiger partial charge on any atom is -0.345 e. The summed E-state index contributed by atoms with van der Waals surface area (Å²) in [6.45, 7) is 0. The van der Waals surface area contributed by atoms with Crippen LogP contribution in [-0.4, -0.2) is 49.6 Å². The van der Waals surface area contributed by atoms with Crippen LogP contribution in [0, 0.1) is 11.3 Å². The molecule has 184 valence electrons. The first-order valence-corrected chi connectivity index (χ1v) is 10.2. The number of rotatable bonds is 4. The third-order valence-corrected chi connectivity index (χ3v) is 5.45. The molecule has 0 bridgehead atoms. The van der Waals surface area contributed by atoms with E-state index in [4.69, 9.17) is 5.26 Å². The second-order valence-electron chi connectivity index (χ2n) is 7.77. The van der Waals surface area contributed by atoms with E-state index in [0.717, 1.165) is 33.4 Å². The average Bonchev–Trinajstić information content (AvgIpc) is 3.51. The lowest BCUT2D eigenvalue weighted by Crippen LogP contribution is -2.21. The summed E-state index contributed by atoms with van der Waals surface area (Å²) in [4.78, 5) is 22.7. The molecule has 5 aromatic rings. The molecule has 3 heterocycles. The Balaban J connectivity index is 0.00000152. The van der Waals surface area contributed by atoms with Crippen LogP contribution in [0.5, 0.6) is 0 Å². The second kappa shape index (κ2) is 11.7. The van der Waals surface area contributed by atoms with Crippen LogP contribution in [0.2, 0.25) is 0 Å². The van der Waals surface area contributed by atoms with Gasteiger partial charge in [0.05, 0.1) is 40.1 Å². The van der Waals surface area contributed by atoms with Crippen molar-refractivity contribution >= 4 is 54.2 Å². The molecule has 0 unspecified atom stereocenters. The van der Waals surface area contributed by atoms with Crippen molar-refractivity contribution in [1.29, 1.82) is 5.26 Å². The Kier molecular flexibility index (Phi) is 9.20. The lowest BCUT2D eigenvalue weighted by Gasteiger charge is -2.10. The molecule has 0 saturated carbocycles. The highest BCUT2D eigenvalue weighted by molar-refractivity contribution is 5.93. The van der Waals surface area contributed by atoms with Crippen molar-refractivity contribution in [3.05, 3.63) is 84.4 Å². The molecular formula is C25H22Cl3N7O. The van der Waals surface area contributed by atoms with Crippen molar-refractivity contribution in [3.8, 4) is 34.3 Å². The summed E-state index contributed by atoms with van der Waals surface area (Å²) in [6.07, 6.45) is 5.09. The molecule has 1 N–H and O–H groups in total. The van der Waals surface area contributed by atoms with Crippen molar-refractivity contribution < 1.29 is 4.79 Å². The van der Waals surface area contributed by atoms with Crippen molar-refractivity contribution in [3.63, 3.8) is 0 Å². The van der Waals surface area contributed by atoms with Gasteiger partial charge in [-0.1, -0.05) is 18.2 Å². The zero-order chi connectivity index (χ0) is 22.9. The number of aromatic amines is 1. The first kappa shape index (κ1) is 28.3. The first-order valence-electron chi connectivity index (χ1n) is 10.2. The van der Waals surface area contributed by atoms with Crippen LogP contribution >= 0.6 is 37.2 Å². The molecule has 3 aromatic heterocycles. The van der Waals surface area contributed by atoms with Crippen LogP contribution in [0.25, 0.3) is 39.2 Å². The molecule has 0 radical (unpaired) electrons. The molecule has 11 heteroatoms. The average molecular weight is 543 g/mol. The van der Waals surface area contributed by atoms with Crippen LogP contribution in [-0.2, 0) is 0 Å². The van der Waals surface area contributed by atoms with Gasteiger partial charge in [-0.2, -0.15) is 10.4 Å². The number of nitrogens with zero attached hydrogens (tertiary/aromatic N) is 6. The Bertz CT molecular complexity index is 1520. The fourth-order valence-electron chi connectivity index (χ4n) is 3.71. The molecule has 0 atom stereocenters. The number of amides is 1. The molecule has 2 aromatic carbocycles. The van der Waals surface area contributed by atoms with E-state index >= 15 is 0 Å². The molecule has 36 heavy (non-hydrogen) atoms. The van der Waals surface area contributed by atoms with Gasteiger partial charge in [0.2, 0.25) is 0 Å². The maximum atomic E-state index is 12.2. The number of nitriles is 1. The number of carbonyl (C=O) groups excluding carboxylic acids is 1. The van der Waals surface area contributed by atoms with E-state index in [-0.39, 0.29) is 43.1 Å². The topological polar surface area (TPSA) is 103 Å². The lowest BCUT2D eigenvalue weighted by atomic mass is 10.0. The molecule has 5 rings (SSSR count). The smallest absolute Gasteiger partial charge is 0.254 e. The van der Waals surface area contributed by atoms with E-state index in [9.17, 15) is 4.79 Å². The zero-order valence-corrected chi connectivity index (χ0v) is 21.7. The van der Waals surface area contributed by atoms with E-state index in [1.807, 2.05) is 41.0 Å². The van der Waals surface area contributed by atoms with Gasteiger partial charge in [0.1, 0.15) is 12.1 Å². The van der Waals surface area contributed by atoms with Gasteiger partial charge < -0.3 is 4.90 Å². The lowest BCUT2D eigenvalue weighted by molar-refractivity contribution is 0.0827. The fourth-order valence-corrected chi connectivity index (χ4v) is 3.71. The van der Waals surface area contributed by atoms with Gasteiger partial charge in [0, 0.05) is 31.4 Å². The van der Waals surface area contributed by atoms with Gasteiger partial charge >= 0.3 is 0 Å². The number of aromatic nitrogens is 5. The van der Waals surface area contributed by atoms with E-state index in [0.29, 0.717) is 16.9 Å². The van der Waals surface area contributed by atoms with Crippen molar-refractivity contribution in [2.75, 3.05) is 14.1 Å². The molecule has 8 nitrogen and oxygen atoms in total. The van der Waals surface area contributed by atoms with Gasteiger partial charge in [-0.25, -0.2) is 9.97 Å². The predicted molar refractivity (Wildman–Crippen MR) is 146 cm³/mol. The van der Waals surface area contributed by atoms with E-state index in [2.05, 4.69) is 26.2 Å². The number of imidazole rings is 1. The maximum absolute atomic E-state index is 12.2. The Morgan fingerprint density at radius 3 is 2.31 bits per heavy atom. The molecule has 0 aliphatic heterocycles. The fraction of sp³-hybridized carbons (Fsp3) is 0.0800. The third-order valence-electron chi connectivity index (χ3n) is 5.45. The standard InChI is InChI=1S/C25H19N7O.3ClH/c1-31(2)25(33)19-8-10-23(27-13-19)32-15-28-21-9-7-18(11-22(21)32)20-14-29-30-24(20)17-5-3-16(12-26)4-6-17;;;/h3-11,13-15H,1-2H3,(H,29,30);3*1H. The quantitative estimate of drug-likeness (QED) is 0.331. The number of fused-ring (bicyclic) bond motifs is 1. The van der Waals surface area contributed by atoms with Crippen molar-refractivity contribution in [1.82, 2.24) is 29.6 Å². The summed E-state index contributed by atoms with van der Waals surface area (Å²) >= 11 is 0. The number of nitrogens with one attached hydrogen (secondary N) is 1. The monoisotopic (exact) mass is 541 g/mol. The van der Waals surface area contributed by atoms with Crippen LogP contribution in [0.4, 0.5) is 0 Å². The summed E-state index contributed by atoms with van der Waals surface area (Å²) in [5, 5.41) is 16.4. The summed E-state index contributed by atoms with van der Waals surface area (Å²) in [5.74, 6) is 0.576. The molecule has 1 amide bonds. The highest BCUT2D eigenvalue weighted by Crippen LogP contribution is 2.32. The number of halogens is 3. The first-order chi connectivity index (χ1) is 16.0. The minimum absolute atomic E-state index is 0. The van der Waals surface area contributed by atoms with Crippen molar-refractivity contribution in [2.24, 2.45) is 0 Å². The van der Waals surface area contributed by atoms with E-state index in [1.54, 1.807) is 51.0 Å². The SMILES string of the molecule is CN(C)C(=O)c1ccc(-n2cnc3ccc(-c4cn[nH]c4-c4ccc(C#N)cc4)cc32)nc1.Cl.Cl.Cl. The van der Waals surface area contributed by atoms with Crippen molar-refractivity contribution in [2.45, 2.75) is 0 Å². The number of hydrogen-bond acceptors (Lipinski definition) is 5. The van der Waals surface area contributed by atoms with Gasteiger partial charge in [0.25, 0.3) is 5.91 Å². The van der Waals surface area contributed by atoms with Crippen LogP contribution in [0.1, 0.15) is 15.9 Å². The number of H-pyrrole nitrogens is 1. The normalized spacial score (nSPS) is 9.92. The summed E-state index contributed by atoms with van der Waals surface area (Å²) in [6, 6.07) is 19.1. The highest BCUT2D eigenvalue weighted by atomic mass is 35.5. The van der Waals surface area contributed by atoms with Gasteiger partial charge in [-0.05, 0) is 42.0 Å². The Morgan fingerprint density at radius 2 is 1.67 bits per heavy atom. The third kappa shape index (κ3) is 5.19. The van der Waals surface area contributed by atoms with E-state index < -0.39 is 0 Å². The molecule has 0 fully saturated rings. The summed E-state index contributed by atoms with van der Waals surface area (Å²) < 4.78 is 1.89. The van der Waals surface area contributed by atoms with Gasteiger partial charge in [-0.15, -0.1) is 37.2 Å². The molecule has 0 aliphatic rings. The number of benzene rings is 2. The van der Waals surface area contributed by atoms with E-state index in [1.165, 1.54) is 4.90 Å². The van der Waals surface area contributed by atoms with Crippen LogP contribution < -0.4 is 0 Å². The number of hydrogen-bond donors (Lipinski definition) is 1.